The van der Waals surface area contributed by atoms with Gasteiger partial charge >= 0.3 is 0 Å². The van der Waals surface area contributed by atoms with Gasteiger partial charge in [0.25, 0.3) is 0 Å². The van der Waals surface area contributed by atoms with Crippen molar-refractivity contribution in [2.45, 2.75) is 26.3 Å². The van der Waals surface area contributed by atoms with Crippen molar-refractivity contribution in [1.29, 1.82) is 5.26 Å². The van der Waals surface area contributed by atoms with Crippen LogP contribution in [0.25, 0.3) is 0 Å². The third-order valence-corrected chi connectivity index (χ3v) is 2.64. The number of hydrogen-bond donors (Lipinski definition) is 0. The van der Waals surface area contributed by atoms with Gasteiger partial charge in [-0.05, 0) is 5.92 Å². The van der Waals surface area contributed by atoms with Gasteiger partial charge in [-0.2, -0.15) is 5.26 Å². The van der Waals surface area contributed by atoms with E-state index in [0.717, 1.165) is 24.4 Å². The molecule has 0 saturated carbocycles. The first-order valence-electron chi connectivity index (χ1n) is 5.99. The first-order chi connectivity index (χ1) is 8.72. The average molecular weight is 252 g/mol. The van der Waals surface area contributed by atoms with Crippen molar-refractivity contribution in [3.05, 3.63) is 11.4 Å². The Kier molecular flexibility index (Phi) is 6.33. The van der Waals surface area contributed by atoms with Gasteiger partial charge in [-0.15, -0.1) is 5.10 Å². The van der Waals surface area contributed by atoms with Crippen molar-refractivity contribution in [2.24, 2.45) is 5.92 Å². The van der Waals surface area contributed by atoms with Crippen molar-refractivity contribution in [3.8, 4) is 6.07 Å². The van der Waals surface area contributed by atoms with Crippen LogP contribution in [0.1, 0.15) is 18.3 Å². The van der Waals surface area contributed by atoms with Gasteiger partial charge < -0.3 is 9.47 Å². The monoisotopic (exact) mass is 252 g/mol. The molecule has 1 aromatic rings. The normalized spacial score (nSPS) is 12.3. The quantitative estimate of drug-likeness (QED) is 0.684. The molecule has 0 aliphatic rings. The minimum atomic E-state index is 0.289. The molecule has 6 heteroatoms. The summed E-state index contributed by atoms with van der Waals surface area (Å²) < 4.78 is 12.0. The number of ether oxygens (including phenoxy) is 2. The zero-order valence-electron chi connectivity index (χ0n) is 11.2. The second-order valence-corrected chi connectivity index (χ2v) is 4.30. The van der Waals surface area contributed by atoms with Crippen molar-refractivity contribution in [1.82, 2.24) is 15.0 Å². The van der Waals surface area contributed by atoms with E-state index in [4.69, 9.17) is 14.7 Å². The molecular weight excluding hydrogens is 232 g/mol. The molecule has 1 unspecified atom stereocenters. The third-order valence-electron chi connectivity index (χ3n) is 2.64. The summed E-state index contributed by atoms with van der Waals surface area (Å²) in [6.45, 7) is 4.11. The van der Waals surface area contributed by atoms with Crippen molar-refractivity contribution >= 4 is 0 Å². The minimum Gasteiger partial charge on any atom is -0.384 e. The molecule has 0 radical (unpaired) electrons. The number of hydrogen-bond acceptors (Lipinski definition) is 5. The molecule has 6 nitrogen and oxygen atoms in total. The molecule has 0 aromatic carbocycles. The molecule has 0 spiro atoms. The lowest BCUT2D eigenvalue weighted by molar-refractivity contribution is 0.147. The fourth-order valence-corrected chi connectivity index (χ4v) is 1.83. The van der Waals surface area contributed by atoms with Crippen LogP contribution in [0.5, 0.6) is 0 Å². The van der Waals surface area contributed by atoms with Crippen LogP contribution < -0.4 is 0 Å². The highest BCUT2D eigenvalue weighted by molar-refractivity contribution is 5.14. The van der Waals surface area contributed by atoms with Gasteiger partial charge in [-0.3, -0.25) is 0 Å². The Labute approximate surface area is 107 Å². The third kappa shape index (κ3) is 4.09. The molecule has 1 rings (SSSR count). The van der Waals surface area contributed by atoms with Crippen LogP contribution in [0.3, 0.4) is 0 Å². The molecule has 0 N–H and O–H groups in total. The molecule has 0 aliphatic carbocycles. The van der Waals surface area contributed by atoms with Crippen LogP contribution in [0.2, 0.25) is 0 Å². The number of aromatic nitrogens is 3. The number of rotatable bonds is 8. The Morgan fingerprint density at radius 3 is 2.78 bits per heavy atom. The predicted molar refractivity (Wildman–Crippen MR) is 66.0 cm³/mol. The average Bonchev–Trinajstić information content (AvgIpc) is 2.70. The smallest absolute Gasteiger partial charge is 0.100 e. The summed E-state index contributed by atoms with van der Waals surface area (Å²) in [5.41, 5.74) is 1.74. The van der Waals surface area contributed by atoms with Crippen molar-refractivity contribution in [2.75, 3.05) is 27.4 Å². The van der Waals surface area contributed by atoms with Gasteiger partial charge in [0.05, 0.1) is 31.4 Å². The highest BCUT2D eigenvalue weighted by Gasteiger charge is 2.14. The molecule has 1 atom stereocenters. The Bertz CT molecular complexity index is 397. The maximum atomic E-state index is 8.77. The topological polar surface area (TPSA) is 73.0 Å². The summed E-state index contributed by atoms with van der Waals surface area (Å²) in [4.78, 5) is 0. The minimum absolute atomic E-state index is 0.289. The Morgan fingerprint density at radius 2 is 2.17 bits per heavy atom. The number of nitrogens with zero attached hydrogens (tertiary/aromatic N) is 4. The van der Waals surface area contributed by atoms with Gasteiger partial charge in [-0.25, -0.2) is 4.68 Å². The predicted octanol–water partition coefficient (Wildman–Crippen LogP) is 0.816. The van der Waals surface area contributed by atoms with E-state index < -0.39 is 0 Å². The van der Waals surface area contributed by atoms with Gasteiger partial charge in [0.2, 0.25) is 0 Å². The van der Waals surface area contributed by atoms with Crippen LogP contribution in [-0.4, -0.2) is 42.4 Å². The molecule has 0 saturated heterocycles. The summed E-state index contributed by atoms with van der Waals surface area (Å²) in [5, 5.41) is 16.9. The van der Waals surface area contributed by atoms with E-state index >= 15 is 0 Å². The van der Waals surface area contributed by atoms with E-state index in [0.29, 0.717) is 19.1 Å². The van der Waals surface area contributed by atoms with E-state index in [9.17, 15) is 0 Å². The van der Waals surface area contributed by atoms with Crippen LogP contribution >= 0.6 is 0 Å². The van der Waals surface area contributed by atoms with E-state index in [1.54, 1.807) is 14.2 Å². The van der Waals surface area contributed by atoms with E-state index in [2.05, 4.69) is 23.3 Å². The lowest BCUT2D eigenvalue weighted by Gasteiger charge is -2.12. The maximum Gasteiger partial charge on any atom is 0.100 e. The first-order valence-corrected chi connectivity index (χ1v) is 5.99. The van der Waals surface area contributed by atoms with Crippen LogP contribution in [0.15, 0.2) is 0 Å². The van der Waals surface area contributed by atoms with Crippen LogP contribution in [0.4, 0.5) is 0 Å². The van der Waals surface area contributed by atoms with Gasteiger partial charge in [0.15, 0.2) is 0 Å². The van der Waals surface area contributed by atoms with Crippen molar-refractivity contribution < 1.29 is 9.47 Å². The summed E-state index contributed by atoms with van der Waals surface area (Å²) >= 11 is 0. The lowest BCUT2D eigenvalue weighted by Crippen LogP contribution is -2.17. The largest absolute Gasteiger partial charge is 0.384 e. The van der Waals surface area contributed by atoms with E-state index in [1.807, 2.05) is 4.68 Å². The van der Waals surface area contributed by atoms with E-state index in [-0.39, 0.29) is 6.42 Å². The Balaban J connectivity index is 2.79. The molecule has 100 valence electrons. The second-order valence-electron chi connectivity index (χ2n) is 4.30. The second kappa shape index (κ2) is 7.80. The highest BCUT2D eigenvalue weighted by atomic mass is 16.5. The highest BCUT2D eigenvalue weighted by Crippen LogP contribution is 2.10. The van der Waals surface area contributed by atoms with Crippen molar-refractivity contribution in [3.63, 3.8) is 0 Å². The molecule has 0 amide bonds. The standard InChI is InChI=1S/C12H20N4O2/c1-10(9-18-3)8-16-12(5-7-17-2)11(4-6-13)14-15-16/h10H,4-5,7-9H2,1-3H3. The molecule has 1 aromatic heterocycles. The van der Waals surface area contributed by atoms with Crippen LogP contribution in [0, 0.1) is 17.2 Å². The van der Waals surface area contributed by atoms with Gasteiger partial charge in [-0.1, -0.05) is 12.1 Å². The van der Waals surface area contributed by atoms with Crippen LogP contribution in [-0.2, 0) is 28.9 Å². The fraction of sp³-hybridized carbons (Fsp3) is 0.750. The summed E-state index contributed by atoms with van der Waals surface area (Å²) in [6.07, 6.45) is 1.01. The summed E-state index contributed by atoms with van der Waals surface area (Å²) in [6, 6.07) is 2.11. The zero-order valence-corrected chi connectivity index (χ0v) is 11.2. The molecule has 0 fully saturated rings. The first kappa shape index (κ1) is 14.6. The molecule has 0 bridgehead atoms. The molecular formula is C12H20N4O2. The summed E-state index contributed by atoms with van der Waals surface area (Å²) in [7, 11) is 3.34. The number of methoxy groups -OCH3 is 2. The zero-order chi connectivity index (χ0) is 13.4. The fourth-order valence-electron chi connectivity index (χ4n) is 1.83. The Morgan fingerprint density at radius 1 is 1.39 bits per heavy atom. The molecule has 0 aliphatic heterocycles. The lowest BCUT2D eigenvalue weighted by atomic mass is 10.1. The SMILES string of the molecule is COCCc1c(CC#N)nnn1CC(C)COC. The maximum absolute atomic E-state index is 8.77. The van der Waals surface area contributed by atoms with E-state index in [1.165, 1.54) is 0 Å². The molecule has 18 heavy (non-hydrogen) atoms. The number of nitriles is 1. The Hall–Kier alpha value is -1.45. The molecule has 1 heterocycles. The summed E-state index contributed by atoms with van der Waals surface area (Å²) in [5.74, 6) is 0.355. The van der Waals surface area contributed by atoms with Gasteiger partial charge in [0.1, 0.15) is 5.69 Å². The van der Waals surface area contributed by atoms with Gasteiger partial charge in [0, 0.05) is 27.2 Å².